The molecule has 0 aromatic carbocycles. The van der Waals surface area contributed by atoms with Gasteiger partial charge in [-0.25, -0.2) is 4.39 Å². The molecule has 0 bridgehead atoms. The Hall–Kier alpha value is -0.110. The van der Waals surface area contributed by atoms with Crippen molar-refractivity contribution in [2.75, 3.05) is 13.1 Å². The summed E-state index contributed by atoms with van der Waals surface area (Å²) in [5.41, 5.74) is 0.691. The minimum Gasteiger partial charge on any atom is -0.296 e. The van der Waals surface area contributed by atoms with Gasteiger partial charge in [0.25, 0.3) is 0 Å². The molecule has 15 heavy (non-hydrogen) atoms. The van der Waals surface area contributed by atoms with Gasteiger partial charge in [-0.05, 0) is 37.6 Å². The van der Waals surface area contributed by atoms with Crippen LogP contribution in [-0.4, -0.2) is 29.7 Å². The standard InChI is InChI=1S/C13H22FN/c1-11(2,3)13-5-4-6-15(13)9-12(8-13)7-10(12)14/h10H,4-9H2,1-3H3. The molecule has 1 spiro atoms. The zero-order valence-electron chi connectivity index (χ0n) is 10.1. The molecule has 2 saturated heterocycles. The predicted molar refractivity (Wildman–Crippen MR) is 59.6 cm³/mol. The first-order valence-corrected chi connectivity index (χ1v) is 6.29. The quantitative estimate of drug-likeness (QED) is 0.595. The fourth-order valence-corrected chi connectivity index (χ4v) is 4.14. The summed E-state index contributed by atoms with van der Waals surface area (Å²) in [6.07, 6.45) is 4.05. The number of hydrogen-bond acceptors (Lipinski definition) is 1. The lowest BCUT2D eigenvalue weighted by molar-refractivity contribution is 0.0637. The largest absolute Gasteiger partial charge is 0.296 e. The van der Waals surface area contributed by atoms with Crippen molar-refractivity contribution in [2.24, 2.45) is 10.8 Å². The van der Waals surface area contributed by atoms with Gasteiger partial charge in [-0.3, -0.25) is 4.90 Å². The average Bonchev–Trinajstić information content (AvgIpc) is 2.45. The third-order valence-electron chi connectivity index (χ3n) is 5.26. The van der Waals surface area contributed by atoms with E-state index in [1.54, 1.807) is 0 Å². The maximum Gasteiger partial charge on any atom is 0.108 e. The van der Waals surface area contributed by atoms with Gasteiger partial charge in [-0.15, -0.1) is 0 Å². The van der Waals surface area contributed by atoms with E-state index >= 15 is 0 Å². The van der Waals surface area contributed by atoms with E-state index < -0.39 is 6.17 Å². The van der Waals surface area contributed by atoms with E-state index in [2.05, 4.69) is 25.7 Å². The van der Waals surface area contributed by atoms with Crippen molar-refractivity contribution >= 4 is 0 Å². The van der Waals surface area contributed by atoms with Gasteiger partial charge >= 0.3 is 0 Å². The SMILES string of the molecule is CC(C)(C)C12CCCN1CC1(CC1F)C2. The molecule has 2 heteroatoms. The summed E-state index contributed by atoms with van der Waals surface area (Å²) in [6.45, 7) is 9.23. The molecule has 2 heterocycles. The van der Waals surface area contributed by atoms with Crippen LogP contribution in [0.5, 0.6) is 0 Å². The lowest BCUT2D eigenvalue weighted by Gasteiger charge is -2.44. The van der Waals surface area contributed by atoms with Crippen LogP contribution in [0.2, 0.25) is 0 Å². The highest BCUT2D eigenvalue weighted by atomic mass is 19.1. The van der Waals surface area contributed by atoms with Gasteiger partial charge in [0.05, 0.1) is 0 Å². The Morgan fingerprint density at radius 2 is 2.00 bits per heavy atom. The van der Waals surface area contributed by atoms with E-state index in [1.807, 2.05) is 0 Å². The summed E-state index contributed by atoms with van der Waals surface area (Å²) in [5.74, 6) is 0. The van der Waals surface area contributed by atoms with E-state index in [0.717, 1.165) is 19.4 Å². The fourth-order valence-electron chi connectivity index (χ4n) is 4.14. The molecule has 0 N–H and O–H groups in total. The van der Waals surface area contributed by atoms with Crippen LogP contribution < -0.4 is 0 Å². The minimum absolute atomic E-state index is 0.0771. The summed E-state index contributed by atoms with van der Waals surface area (Å²) >= 11 is 0. The van der Waals surface area contributed by atoms with Crippen molar-refractivity contribution in [3.63, 3.8) is 0 Å². The Morgan fingerprint density at radius 3 is 2.47 bits per heavy atom. The molecular weight excluding hydrogens is 189 g/mol. The van der Waals surface area contributed by atoms with Crippen LogP contribution >= 0.6 is 0 Å². The molecule has 86 valence electrons. The Labute approximate surface area is 92.0 Å². The maximum atomic E-state index is 13.5. The Bertz CT molecular complexity index is 295. The number of fused-ring (bicyclic) bond motifs is 1. The topological polar surface area (TPSA) is 3.24 Å². The Morgan fingerprint density at radius 1 is 1.33 bits per heavy atom. The molecule has 1 saturated carbocycles. The third kappa shape index (κ3) is 1.12. The highest BCUT2D eigenvalue weighted by Gasteiger charge is 2.68. The number of hydrogen-bond donors (Lipinski definition) is 0. The van der Waals surface area contributed by atoms with Gasteiger partial charge in [0.15, 0.2) is 0 Å². The molecule has 3 aliphatic rings. The molecule has 0 amide bonds. The van der Waals surface area contributed by atoms with Crippen molar-refractivity contribution in [1.29, 1.82) is 0 Å². The second-order valence-electron chi connectivity index (χ2n) is 7.02. The highest BCUT2D eigenvalue weighted by molar-refractivity contribution is 5.21. The van der Waals surface area contributed by atoms with E-state index in [9.17, 15) is 4.39 Å². The molecule has 0 aromatic rings. The van der Waals surface area contributed by atoms with Crippen molar-refractivity contribution in [1.82, 2.24) is 4.90 Å². The molecule has 2 aliphatic heterocycles. The highest BCUT2D eigenvalue weighted by Crippen LogP contribution is 2.65. The summed E-state index contributed by atoms with van der Waals surface area (Å²) in [4.78, 5) is 2.60. The monoisotopic (exact) mass is 211 g/mol. The average molecular weight is 211 g/mol. The van der Waals surface area contributed by atoms with Crippen molar-refractivity contribution in [3.05, 3.63) is 0 Å². The van der Waals surface area contributed by atoms with Gasteiger partial charge < -0.3 is 0 Å². The smallest absolute Gasteiger partial charge is 0.108 e. The zero-order chi connectivity index (χ0) is 10.9. The molecule has 1 aliphatic carbocycles. The molecule has 0 aromatic heterocycles. The Kier molecular flexibility index (Phi) is 1.73. The van der Waals surface area contributed by atoms with E-state index in [0.29, 0.717) is 11.0 Å². The van der Waals surface area contributed by atoms with Gasteiger partial charge in [0, 0.05) is 17.5 Å². The normalized spacial score (nSPS) is 50.0. The number of nitrogens with zero attached hydrogens (tertiary/aromatic N) is 1. The molecule has 3 rings (SSSR count). The third-order valence-corrected chi connectivity index (χ3v) is 5.26. The summed E-state index contributed by atoms with van der Waals surface area (Å²) in [7, 11) is 0. The van der Waals surface area contributed by atoms with Crippen molar-refractivity contribution in [2.45, 2.75) is 58.2 Å². The van der Waals surface area contributed by atoms with Crippen LogP contribution in [0.3, 0.4) is 0 Å². The summed E-state index contributed by atoms with van der Waals surface area (Å²) in [5, 5.41) is 0. The fraction of sp³-hybridized carbons (Fsp3) is 1.00. The van der Waals surface area contributed by atoms with Crippen LogP contribution in [-0.2, 0) is 0 Å². The second kappa shape index (κ2) is 2.58. The second-order valence-corrected chi connectivity index (χ2v) is 7.02. The maximum absolute atomic E-state index is 13.5. The van der Waals surface area contributed by atoms with Gasteiger partial charge in [-0.2, -0.15) is 0 Å². The predicted octanol–water partition coefficient (Wildman–Crippen LogP) is 3.00. The van der Waals surface area contributed by atoms with E-state index in [-0.39, 0.29) is 5.41 Å². The zero-order valence-corrected chi connectivity index (χ0v) is 10.1. The number of alkyl halides is 1. The van der Waals surface area contributed by atoms with Crippen LogP contribution in [0.25, 0.3) is 0 Å². The molecule has 3 atom stereocenters. The van der Waals surface area contributed by atoms with Crippen LogP contribution in [0.4, 0.5) is 4.39 Å². The first-order valence-electron chi connectivity index (χ1n) is 6.29. The lowest BCUT2D eigenvalue weighted by atomic mass is 9.69. The molecule has 3 fully saturated rings. The summed E-state index contributed by atoms with van der Waals surface area (Å²) in [6, 6.07) is 0. The van der Waals surface area contributed by atoms with Crippen LogP contribution in [0.1, 0.15) is 46.5 Å². The minimum atomic E-state index is -0.498. The summed E-state index contributed by atoms with van der Waals surface area (Å²) < 4.78 is 13.5. The van der Waals surface area contributed by atoms with Gasteiger partial charge in [0.1, 0.15) is 6.17 Å². The van der Waals surface area contributed by atoms with Gasteiger partial charge in [-0.1, -0.05) is 20.8 Å². The van der Waals surface area contributed by atoms with E-state index in [4.69, 9.17) is 0 Å². The van der Waals surface area contributed by atoms with Crippen LogP contribution in [0, 0.1) is 10.8 Å². The van der Waals surface area contributed by atoms with Crippen LogP contribution in [0.15, 0.2) is 0 Å². The van der Waals surface area contributed by atoms with E-state index in [1.165, 1.54) is 19.4 Å². The first-order chi connectivity index (χ1) is 6.90. The van der Waals surface area contributed by atoms with Crippen molar-refractivity contribution < 1.29 is 4.39 Å². The van der Waals surface area contributed by atoms with Crippen molar-refractivity contribution in [3.8, 4) is 0 Å². The first kappa shape index (κ1) is 10.1. The van der Waals surface area contributed by atoms with Gasteiger partial charge in [0.2, 0.25) is 0 Å². The Balaban J connectivity index is 1.93. The molecule has 0 radical (unpaired) electrons. The number of halogens is 1. The molecule has 3 unspecified atom stereocenters. The molecular formula is C13H22FN. The lowest BCUT2D eigenvalue weighted by Crippen LogP contribution is -2.48. The number of rotatable bonds is 0. The molecule has 1 nitrogen and oxygen atoms in total.